The standard InChI is InChI=1S/C11H21N5O/c1-9(12)3-4-13-10-7-11(16-8-15-10)14-5-6-17-2/h7-9H,3-6,12H2,1-2H3,(H2,13,14,15,16). The van der Waals surface area contributed by atoms with Gasteiger partial charge in [-0.15, -0.1) is 0 Å². The first-order valence-corrected chi connectivity index (χ1v) is 5.76. The molecule has 0 saturated carbocycles. The van der Waals surface area contributed by atoms with E-state index < -0.39 is 0 Å². The number of anilines is 2. The minimum Gasteiger partial charge on any atom is -0.383 e. The molecule has 4 N–H and O–H groups in total. The van der Waals surface area contributed by atoms with Crippen molar-refractivity contribution in [3.05, 3.63) is 12.4 Å². The van der Waals surface area contributed by atoms with Crippen molar-refractivity contribution in [3.8, 4) is 0 Å². The average Bonchev–Trinajstić information content (AvgIpc) is 2.29. The summed E-state index contributed by atoms with van der Waals surface area (Å²) in [5.74, 6) is 1.60. The first-order valence-electron chi connectivity index (χ1n) is 5.76. The number of hydrogen-bond donors (Lipinski definition) is 3. The van der Waals surface area contributed by atoms with Crippen molar-refractivity contribution in [2.45, 2.75) is 19.4 Å². The van der Waals surface area contributed by atoms with E-state index in [1.54, 1.807) is 7.11 Å². The molecule has 0 aliphatic rings. The van der Waals surface area contributed by atoms with Gasteiger partial charge in [-0.2, -0.15) is 0 Å². The zero-order chi connectivity index (χ0) is 12.5. The van der Waals surface area contributed by atoms with Gasteiger partial charge in [0.2, 0.25) is 0 Å². The summed E-state index contributed by atoms with van der Waals surface area (Å²) in [6.07, 6.45) is 2.44. The lowest BCUT2D eigenvalue weighted by Gasteiger charge is -2.09. The molecule has 0 bridgehead atoms. The normalized spacial score (nSPS) is 12.2. The average molecular weight is 239 g/mol. The highest BCUT2D eigenvalue weighted by molar-refractivity contribution is 5.46. The summed E-state index contributed by atoms with van der Waals surface area (Å²) in [6, 6.07) is 2.07. The van der Waals surface area contributed by atoms with Crippen LogP contribution in [0.25, 0.3) is 0 Å². The number of nitrogens with zero attached hydrogens (tertiary/aromatic N) is 2. The summed E-state index contributed by atoms with van der Waals surface area (Å²) in [7, 11) is 1.67. The third-order valence-electron chi connectivity index (χ3n) is 2.19. The van der Waals surface area contributed by atoms with E-state index in [2.05, 4.69) is 20.6 Å². The lowest BCUT2D eigenvalue weighted by molar-refractivity contribution is 0.210. The third-order valence-corrected chi connectivity index (χ3v) is 2.19. The molecule has 1 heterocycles. The SMILES string of the molecule is COCCNc1cc(NCCC(C)N)ncn1. The van der Waals surface area contributed by atoms with Gasteiger partial charge in [0.1, 0.15) is 18.0 Å². The van der Waals surface area contributed by atoms with Crippen LogP contribution in [-0.2, 0) is 4.74 Å². The second-order valence-corrected chi connectivity index (χ2v) is 3.90. The fourth-order valence-electron chi connectivity index (χ4n) is 1.26. The van der Waals surface area contributed by atoms with Gasteiger partial charge in [0, 0.05) is 32.3 Å². The van der Waals surface area contributed by atoms with E-state index in [4.69, 9.17) is 10.5 Å². The van der Waals surface area contributed by atoms with Gasteiger partial charge in [0.25, 0.3) is 0 Å². The van der Waals surface area contributed by atoms with Crippen LogP contribution in [0.1, 0.15) is 13.3 Å². The first kappa shape index (κ1) is 13.7. The Morgan fingerprint density at radius 3 is 2.53 bits per heavy atom. The Bertz CT molecular complexity index is 318. The van der Waals surface area contributed by atoms with Gasteiger partial charge in [-0.1, -0.05) is 0 Å². The van der Waals surface area contributed by atoms with Gasteiger partial charge in [-0.25, -0.2) is 9.97 Å². The molecule has 1 unspecified atom stereocenters. The van der Waals surface area contributed by atoms with E-state index in [0.29, 0.717) is 6.61 Å². The Labute approximate surface area is 102 Å². The van der Waals surface area contributed by atoms with Crippen LogP contribution in [0.3, 0.4) is 0 Å². The molecule has 1 aromatic heterocycles. The van der Waals surface area contributed by atoms with E-state index in [-0.39, 0.29) is 6.04 Å². The van der Waals surface area contributed by atoms with Crippen molar-refractivity contribution in [1.82, 2.24) is 9.97 Å². The van der Waals surface area contributed by atoms with Crippen molar-refractivity contribution in [2.75, 3.05) is 37.4 Å². The van der Waals surface area contributed by atoms with Crippen LogP contribution < -0.4 is 16.4 Å². The lowest BCUT2D eigenvalue weighted by Crippen LogP contribution is -2.19. The molecule has 0 saturated heterocycles. The van der Waals surface area contributed by atoms with Crippen molar-refractivity contribution in [3.63, 3.8) is 0 Å². The number of hydrogen-bond acceptors (Lipinski definition) is 6. The van der Waals surface area contributed by atoms with E-state index in [1.165, 1.54) is 6.33 Å². The summed E-state index contributed by atoms with van der Waals surface area (Å²) in [5.41, 5.74) is 5.67. The van der Waals surface area contributed by atoms with Gasteiger partial charge in [0.15, 0.2) is 0 Å². The van der Waals surface area contributed by atoms with Gasteiger partial charge in [-0.05, 0) is 13.3 Å². The van der Waals surface area contributed by atoms with Crippen LogP contribution in [0.4, 0.5) is 11.6 Å². The Morgan fingerprint density at radius 1 is 1.29 bits per heavy atom. The number of nitrogens with one attached hydrogen (secondary N) is 2. The lowest BCUT2D eigenvalue weighted by atomic mass is 10.2. The summed E-state index contributed by atoms with van der Waals surface area (Å²) in [6.45, 7) is 4.18. The largest absolute Gasteiger partial charge is 0.383 e. The van der Waals surface area contributed by atoms with Crippen molar-refractivity contribution in [2.24, 2.45) is 5.73 Å². The van der Waals surface area contributed by atoms with E-state index >= 15 is 0 Å². The second-order valence-electron chi connectivity index (χ2n) is 3.90. The zero-order valence-electron chi connectivity index (χ0n) is 10.4. The fraction of sp³-hybridized carbons (Fsp3) is 0.636. The molecule has 1 rings (SSSR count). The van der Waals surface area contributed by atoms with Crippen LogP contribution in [0.5, 0.6) is 0 Å². The third kappa shape index (κ3) is 6.03. The number of methoxy groups -OCH3 is 1. The summed E-state index contributed by atoms with van der Waals surface area (Å²) < 4.78 is 4.95. The van der Waals surface area contributed by atoms with Crippen molar-refractivity contribution >= 4 is 11.6 Å². The molecule has 6 nitrogen and oxygen atoms in total. The molecule has 17 heavy (non-hydrogen) atoms. The second kappa shape index (κ2) is 7.81. The summed E-state index contributed by atoms with van der Waals surface area (Å²) in [5, 5.41) is 6.35. The van der Waals surface area contributed by atoms with Crippen LogP contribution in [0.15, 0.2) is 12.4 Å². The first-order chi connectivity index (χ1) is 8.22. The molecule has 1 atom stereocenters. The summed E-state index contributed by atoms with van der Waals surface area (Å²) in [4.78, 5) is 8.24. The monoisotopic (exact) mass is 239 g/mol. The molecule has 0 aliphatic carbocycles. The van der Waals surface area contributed by atoms with Gasteiger partial charge < -0.3 is 21.1 Å². The number of aromatic nitrogens is 2. The molecule has 0 aromatic carbocycles. The molecule has 96 valence electrons. The Morgan fingerprint density at radius 2 is 1.94 bits per heavy atom. The van der Waals surface area contributed by atoms with E-state index in [0.717, 1.165) is 31.1 Å². The van der Waals surface area contributed by atoms with Crippen molar-refractivity contribution in [1.29, 1.82) is 0 Å². The molecule has 0 amide bonds. The smallest absolute Gasteiger partial charge is 0.131 e. The van der Waals surface area contributed by atoms with Crippen LogP contribution >= 0.6 is 0 Å². The van der Waals surface area contributed by atoms with Crippen LogP contribution in [0, 0.1) is 0 Å². The molecule has 0 spiro atoms. The molecule has 6 heteroatoms. The van der Waals surface area contributed by atoms with Crippen LogP contribution in [0.2, 0.25) is 0 Å². The predicted octanol–water partition coefficient (Wildman–Crippen LogP) is 0.684. The molecule has 0 radical (unpaired) electrons. The van der Waals surface area contributed by atoms with Gasteiger partial charge in [0.05, 0.1) is 6.61 Å². The Balaban J connectivity index is 2.37. The maximum Gasteiger partial charge on any atom is 0.131 e. The van der Waals surface area contributed by atoms with Gasteiger partial charge >= 0.3 is 0 Å². The summed E-state index contributed by atoms with van der Waals surface area (Å²) >= 11 is 0. The highest BCUT2D eigenvalue weighted by Crippen LogP contribution is 2.08. The zero-order valence-corrected chi connectivity index (χ0v) is 10.4. The Hall–Kier alpha value is -1.40. The highest BCUT2D eigenvalue weighted by atomic mass is 16.5. The Kier molecular flexibility index (Phi) is 6.27. The molecule has 0 aliphatic heterocycles. The molecular weight excluding hydrogens is 218 g/mol. The molecule has 1 aromatic rings. The van der Waals surface area contributed by atoms with E-state index in [9.17, 15) is 0 Å². The van der Waals surface area contributed by atoms with Crippen LogP contribution in [-0.4, -0.2) is 42.8 Å². The van der Waals surface area contributed by atoms with Gasteiger partial charge in [-0.3, -0.25) is 0 Å². The maximum atomic E-state index is 5.67. The number of ether oxygens (including phenoxy) is 1. The quantitative estimate of drug-likeness (QED) is 0.579. The fourth-order valence-corrected chi connectivity index (χ4v) is 1.26. The van der Waals surface area contributed by atoms with Crippen molar-refractivity contribution < 1.29 is 4.74 Å². The van der Waals surface area contributed by atoms with E-state index in [1.807, 2.05) is 13.0 Å². The highest BCUT2D eigenvalue weighted by Gasteiger charge is 1.99. The minimum absolute atomic E-state index is 0.198. The molecular formula is C11H21N5O. The minimum atomic E-state index is 0.198. The topological polar surface area (TPSA) is 85.1 Å². The molecule has 0 fully saturated rings. The maximum absolute atomic E-state index is 5.67. The number of rotatable bonds is 8. The number of nitrogens with two attached hydrogens (primary N) is 1. The predicted molar refractivity (Wildman–Crippen MR) is 69.2 cm³/mol.